The molecule has 2 aromatic carbocycles. The molecule has 2 aromatic rings. The third kappa shape index (κ3) is 4.61. The number of amides is 1. The Hall–Kier alpha value is -2.78. The normalized spacial score (nSPS) is 10.7. The van der Waals surface area contributed by atoms with Crippen molar-refractivity contribution < 1.29 is 14.3 Å². The lowest BCUT2D eigenvalue weighted by atomic mass is 10.1. The molecule has 0 spiro atoms. The molecule has 0 saturated carbocycles. The van der Waals surface area contributed by atoms with Crippen LogP contribution in [0, 0.1) is 11.3 Å². The fourth-order valence-electron chi connectivity index (χ4n) is 1.97. The number of carbonyl (C=O) groups excluding carboxylic acids is 1. The summed E-state index contributed by atoms with van der Waals surface area (Å²) in [5.74, 6) is 0.829. The van der Waals surface area contributed by atoms with Crippen molar-refractivity contribution >= 4 is 33.6 Å². The Morgan fingerprint density at radius 3 is 2.38 bits per heavy atom. The zero-order chi connectivity index (χ0) is 17.5. The number of hydrogen-bond acceptors (Lipinski definition) is 4. The van der Waals surface area contributed by atoms with E-state index in [1.807, 2.05) is 6.07 Å². The van der Waals surface area contributed by atoms with Crippen LogP contribution in [-0.4, -0.2) is 20.1 Å². The van der Waals surface area contributed by atoms with Gasteiger partial charge in [-0.05, 0) is 54.1 Å². The van der Waals surface area contributed by atoms with Gasteiger partial charge in [-0.1, -0.05) is 15.9 Å². The molecule has 0 aliphatic heterocycles. The summed E-state index contributed by atoms with van der Waals surface area (Å²) in [5.41, 5.74) is 1.25. The predicted octanol–water partition coefficient (Wildman–Crippen LogP) is 4.01. The van der Waals surface area contributed by atoms with E-state index in [0.717, 1.165) is 4.47 Å². The average Bonchev–Trinajstić information content (AvgIpc) is 2.59. The third-order valence-corrected chi connectivity index (χ3v) is 3.61. The van der Waals surface area contributed by atoms with Crippen LogP contribution in [0.1, 0.15) is 5.56 Å². The van der Waals surface area contributed by atoms with Crippen LogP contribution in [0.3, 0.4) is 0 Å². The highest BCUT2D eigenvalue weighted by Crippen LogP contribution is 2.23. The molecule has 0 fully saturated rings. The molecule has 24 heavy (non-hydrogen) atoms. The van der Waals surface area contributed by atoms with Crippen LogP contribution in [0.15, 0.2) is 52.5 Å². The molecule has 1 N–H and O–H groups in total. The molecule has 0 radical (unpaired) electrons. The molecule has 0 heterocycles. The summed E-state index contributed by atoms with van der Waals surface area (Å²) in [6.45, 7) is 0. The van der Waals surface area contributed by atoms with Gasteiger partial charge in [0.25, 0.3) is 5.91 Å². The zero-order valence-electron chi connectivity index (χ0n) is 13.2. The smallest absolute Gasteiger partial charge is 0.266 e. The number of methoxy groups -OCH3 is 2. The van der Waals surface area contributed by atoms with Gasteiger partial charge in [0.2, 0.25) is 0 Å². The number of rotatable bonds is 5. The molecule has 0 aliphatic carbocycles. The van der Waals surface area contributed by atoms with Gasteiger partial charge in [-0.25, -0.2) is 0 Å². The molecule has 0 atom stereocenters. The first-order chi connectivity index (χ1) is 11.5. The van der Waals surface area contributed by atoms with Crippen LogP contribution < -0.4 is 14.8 Å². The van der Waals surface area contributed by atoms with E-state index < -0.39 is 5.91 Å². The predicted molar refractivity (Wildman–Crippen MR) is 95.9 cm³/mol. The van der Waals surface area contributed by atoms with E-state index in [0.29, 0.717) is 22.7 Å². The van der Waals surface area contributed by atoms with Gasteiger partial charge in [0, 0.05) is 10.2 Å². The first-order valence-corrected chi connectivity index (χ1v) is 7.77. The Balaban J connectivity index is 2.22. The molecular formula is C18H15BrN2O3. The summed E-state index contributed by atoms with van der Waals surface area (Å²) in [4.78, 5) is 12.3. The number of benzene rings is 2. The summed E-state index contributed by atoms with van der Waals surface area (Å²) < 4.78 is 11.0. The topological polar surface area (TPSA) is 71.3 Å². The van der Waals surface area contributed by atoms with Crippen LogP contribution in [0.4, 0.5) is 5.69 Å². The fourth-order valence-corrected chi connectivity index (χ4v) is 2.46. The summed E-state index contributed by atoms with van der Waals surface area (Å²) in [6.07, 6.45) is 1.51. The Labute approximate surface area is 148 Å². The SMILES string of the molecule is COc1ccc(NC(=O)/C(C#N)=C/c2cc(Br)cc(OC)c2)cc1. The first-order valence-electron chi connectivity index (χ1n) is 6.97. The van der Waals surface area contributed by atoms with Crippen molar-refractivity contribution in [3.63, 3.8) is 0 Å². The lowest BCUT2D eigenvalue weighted by Gasteiger charge is -2.06. The third-order valence-electron chi connectivity index (χ3n) is 3.15. The number of halogens is 1. The van der Waals surface area contributed by atoms with Gasteiger partial charge in [-0.3, -0.25) is 4.79 Å². The molecule has 5 nitrogen and oxygen atoms in total. The Morgan fingerprint density at radius 2 is 1.79 bits per heavy atom. The van der Waals surface area contributed by atoms with Crippen LogP contribution in [0.2, 0.25) is 0 Å². The van der Waals surface area contributed by atoms with Crippen LogP contribution in [0.5, 0.6) is 11.5 Å². The van der Waals surface area contributed by atoms with Gasteiger partial charge >= 0.3 is 0 Å². The quantitative estimate of drug-likeness (QED) is 0.622. The van der Waals surface area contributed by atoms with Crippen molar-refractivity contribution in [2.45, 2.75) is 0 Å². The highest BCUT2D eigenvalue weighted by Gasteiger charge is 2.10. The first kappa shape index (κ1) is 17.6. The number of ether oxygens (including phenoxy) is 2. The number of nitrogens with one attached hydrogen (secondary N) is 1. The van der Waals surface area contributed by atoms with Gasteiger partial charge in [0.05, 0.1) is 14.2 Å². The van der Waals surface area contributed by atoms with E-state index in [4.69, 9.17) is 9.47 Å². The summed E-state index contributed by atoms with van der Waals surface area (Å²) >= 11 is 3.37. The summed E-state index contributed by atoms with van der Waals surface area (Å²) in [6, 6.07) is 14.1. The van der Waals surface area contributed by atoms with Gasteiger partial charge in [-0.2, -0.15) is 5.26 Å². The van der Waals surface area contributed by atoms with Gasteiger partial charge in [-0.15, -0.1) is 0 Å². The minimum Gasteiger partial charge on any atom is -0.497 e. The van der Waals surface area contributed by atoms with Crippen LogP contribution >= 0.6 is 15.9 Å². The van der Waals surface area contributed by atoms with E-state index in [1.54, 1.807) is 56.7 Å². The molecule has 0 unspecified atom stereocenters. The maximum Gasteiger partial charge on any atom is 0.266 e. The number of hydrogen-bond donors (Lipinski definition) is 1. The lowest BCUT2D eigenvalue weighted by Crippen LogP contribution is -2.13. The fraction of sp³-hybridized carbons (Fsp3) is 0.111. The maximum atomic E-state index is 12.3. The van der Waals surface area contributed by atoms with E-state index in [-0.39, 0.29) is 5.57 Å². The number of nitrogens with zero attached hydrogens (tertiary/aromatic N) is 1. The monoisotopic (exact) mass is 386 g/mol. The highest BCUT2D eigenvalue weighted by molar-refractivity contribution is 9.10. The van der Waals surface area contributed by atoms with E-state index in [2.05, 4.69) is 21.2 Å². The number of anilines is 1. The van der Waals surface area contributed by atoms with Gasteiger partial charge < -0.3 is 14.8 Å². The molecule has 0 bridgehead atoms. The molecular weight excluding hydrogens is 372 g/mol. The van der Waals surface area contributed by atoms with Crippen molar-refractivity contribution in [3.05, 3.63) is 58.1 Å². The van der Waals surface area contributed by atoms with Crippen molar-refractivity contribution in [2.24, 2.45) is 0 Å². The lowest BCUT2D eigenvalue weighted by molar-refractivity contribution is -0.112. The second kappa shape index (κ2) is 8.18. The Morgan fingerprint density at radius 1 is 1.12 bits per heavy atom. The summed E-state index contributed by atoms with van der Waals surface area (Å²) in [5, 5.41) is 12.0. The minimum absolute atomic E-state index is 0.00836. The van der Waals surface area contributed by atoms with Crippen molar-refractivity contribution in [3.8, 4) is 17.6 Å². The Bertz CT molecular complexity index is 808. The molecule has 122 valence electrons. The average molecular weight is 387 g/mol. The van der Waals surface area contributed by atoms with Gasteiger partial charge in [0.1, 0.15) is 23.1 Å². The molecule has 2 rings (SSSR count). The van der Waals surface area contributed by atoms with Crippen molar-refractivity contribution in [1.29, 1.82) is 5.26 Å². The Kier molecular flexibility index (Phi) is 5.99. The molecule has 1 amide bonds. The zero-order valence-corrected chi connectivity index (χ0v) is 14.8. The van der Waals surface area contributed by atoms with Crippen LogP contribution in [0.25, 0.3) is 6.08 Å². The molecule has 0 aromatic heterocycles. The molecule has 0 aliphatic rings. The van der Waals surface area contributed by atoms with Crippen LogP contribution in [-0.2, 0) is 4.79 Å². The molecule has 6 heteroatoms. The van der Waals surface area contributed by atoms with E-state index >= 15 is 0 Å². The summed E-state index contributed by atoms with van der Waals surface area (Å²) in [7, 11) is 3.12. The second-order valence-electron chi connectivity index (χ2n) is 4.78. The van der Waals surface area contributed by atoms with Crippen molar-refractivity contribution in [2.75, 3.05) is 19.5 Å². The van der Waals surface area contributed by atoms with Crippen molar-refractivity contribution in [1.82, 2.24) is 0 Å². The van der Waals surface area contributed by atoms with E-state index in [9.17, 15) is 10.1 Å². The standard InChI is InChI=1S/C18H15BrN2O3/c1-23-16-5-3-15(4-6-16)21-18(22)13(11-20)7-12-8-14(19)10-17(9-12)24-2/h3-10H,1-2H3,(H,21,22)/b13-7+. The minimum atomic E-state index is -0.485. The largest absolute Gasteiger partial charge is 0.497 e. The number of carbonyl (C=O) groups is 1. The van der Waals surface area contributed by atoms with Gasteiger partial charge in [0.15, 0.2) is 0 Å². The highest BCUT2D eigenvalue weighted by atomic mass is 79.9. The molecule has 0 saturated heterocycles. The maximum absolute atomic E-state index is 12.3. The second-order valence-corrected chi connectivity index (χ2v) is 5.69. The van der Waals surface area contributed by atoms with E-state index in [1.165, 1.54) is 6.08 Å². The number of nitriles is 1.